The van der Waals surface area contributed by atoms with Crippen LogP contribution in [0.2, 0.25) is 0 Å². The summed E-state index contributed by atoms with van der Waals surface area (Å²) in [6, 6.07) is 3.19. The van der Waals surface area contributed by atoms with Crippen LogP contribution in [0.15, 0.2) is 22.7 Å². The van der Waals surface area contributed by atoms with Gasteiger partial charge in [-0.1, -0.05) is 5.16 Å². The molecule has 106 valence electrons. The number of hydrogen-bond acceptors (Lipinski definition) is 5. The number of rotatable bonds is 2. The minimum atomic E-state index is -0.957. The fourth-order valence-electron chi connectivity index (χ4n) is 2.12. The van der Waals surface area contributed by atoms with Crippen molar-refractivity contribution in [2.45, 2.75) is 18.4 Å². The molecule has 2 atom stereocenters. The third-order valence-corrected chi connectivity index (χ3v) is 3.61. The second kappa shape index (κ2) is 4.60. The molecule has 1 aliphatic rings. The summed E-state index contributed by atoms with van der Waals surface area (Å²) in [6.07, 6.45) is 0. The van der Waals surface area contributed by atoms with Crippen molar-refractivity contribution < 1.29 is 18.0 Å². The quantitative estimate of drug-likeness (QED) is 0.905. The predicted molar refractivity (Wildman–Crippen MR) is 65.8 cm³/mol. The minimum Gasteiger partial charge on any atom is -0.379 e. The van der Waals surface area contributed by atoms with Gasteiger partial charge in [0.1, 0.15) is 0 Å². The van der Waals surface area contributed by atoms with Crippen molar-refractivity contribution in [2.75, 3.05) is 13.2 Å². The van der Waals surface area contributed by atoms with Crippen LogP contribution in [-0.2, 0) is 10.2 Å². The lowest BCUT2D eigenvalue weighted by atomic mass is 9.86. The highest BCUT2D eigenvalue weighted by Crippen LogP contribution is 2.32. The molecule has 1 fully saturated rings. The van der Waals surface area contributed by atoms with E-state index in [9.17, 15) is 8.78 Å². The summed E-state index contributed by atoms with van der Waals surface area (Å²) in [4.78, 5) is 4.23. The summed E-state index contributed by atoms with van der Waals surface area (Å²) in [5.41, 5.74) is 5.75. The molecule has 5 nitrogen and oxygen atoms in total. The van der Waals surface area contributed by atoms with Gasteiger partial charge in [0, 0.05) is 11.6 Å². The van der Waals surface area contributed by atoms with Crippen molar-refractivity contribution in [2.24, 2.45) is 5.73 Å². The first kappa shape index (κ1) is 13.1. The van der Waals surface area contributed by atoms with Gasteiger partial charge in [-0.05, 0) is 25.1 Å². The molecule has 0 spiro atoms. The third kappa shape index (κ3) is 1.99. The first-order valence-electron chi connectivity index (χ1n) is 6.13. The molecule has 2 heterocycles. The Morgan fingerprint density at radius 1 is 1.35 bits per heavy atom. The van der Waals surface area contributed by atoms with Crippen LogP contribution in [0.4, 0.5) is 8.78 Å². The van der Waals surface area contributed by atoms with E-state index < -0.39 is 17.0 Å². The maximum Gasteiger partial charge on any atom is 0.236 e. The van der Waals surface area contributed by atoms with Gasteiger partial charge in [0.05, 0.1) is 18.6 Å². The number of hydrogen-bond donors (Lipinski definition) is 1. The molecule has 0 aliphatic carbocycles. The first-order chi connectivity index (χ1) is 9.50. The van der Waals surface area contributed by atoms with E-state index in [2.05, 4.69) is 10.1 Å². The number of ether oxygens (including phenoxy) is 1. The Hall–Kier alpha value is -1.86. The number of halogens is 2. The van der Waals surface area contributed by atoms with E-state index >= 15 is 0 Å². The molecule has 0 saturated carbocycles. The molecular weight excluding hydrogens is 268 g/mol. The minimum absolute atomic E-state index is 0.194. The van der Waals surface area contributed by atoms with Gasteiger partial charge in [-0.2, -0.15) is 4.98 Å². The monoisotopic (exact) mass is 281 g/mol. The highest BCUT2D eigenvalue weighted by molar-refractivity contribution is 5.54. The van der Waals surface area contributed by atoms with Gasteiger partial charge in [-0.3, -0.25) is 0 Å². The van der Waals surface area contributed by atoms with Crippen molar-refractivity contribution in [3.8, 4) is 11.4 Å². The zero-order valence-corrected chi connectivity index (χ0v) is 10.8. The van der Waals surface area contributed by atoms with Gasteiger partial charge >= 0.3 is 0 Å². The van der Waals surface area contributed by atoms with Crippen molar-refractivity contribution in [3.05, 3.63) is 35.7 Å². The number of nitrogens with zero attached hydrogens (tertiary/aromatic N) is 2. The van der Waals surface area contributed by atoms with Crippen LogP contribution in [-0.4, -0.2) is 29.4 Å². The molecule has 1 saturated heterocycles. The summed E-state index contributed by atoms with van der Waals surface area (Å²) in [7, 11) is 0. The molecule has 2 N–H and O–H groups in total. The Balaban J connectivity index is 1.96. The van der Waals surface area contributed by atoms with E-state index in [0.29, 0.717) is 24.7 Å². The van der Waals surface area contributed by atoms with E-state index in [1.165, 1.54) is 6.07 Å². The maximum absolute atomic E-state index is 13.2. The average molecular weight is 281 g/mol. The second-order valence-electron chi connectivity index (χ2n) is 5.09. The van der Waals surface area contributed by atoms with E-state index in [-0.39, 0.29) is 11.9 Å². The Labute approximate surface area is 113 Å². The van der Waals surface area contributed by atoms with Gasteiger partial charge in [0.2, 0.25) is 11.7 Å². The van der Waals surface area contributed by atoms with E-state index in [1.807, 2.05) is 6.92 Å². The molecule has 2 aromatic rings. The Morgan fingerprint density at radius 2 is 2.15 bits per heavy atom. The number of aromatic nitrogens is 2. The highest BCUT2D eigenvalue weighted by Gasteiger charge is 2.44. The Morgan fingerprint density at radius 3 is 2.80 bits per heavy atom. The number of nitrogens with two attached hydrogens (primary N) is 1. The Kier molecular flexibility index (Phi) is 3.02. The van der Waals surface area contributed by atoms with Crippen molar-refractivity contribution in [3.63, 3.8) is 0 Å². The molecule has 1 aromatic heterocycles. The SMILES string of the molecule is CC1(c2nc(-c3ccc(F)c(F)c3)no2)COCC1N. The zero-order valence-electron chi connectivity index (χ0n) is 10.8. The molecule has 0 radical (unpaired) electrons. The van der Waals surface area contributed by atoms with Crippen LogP contribution in [0.3, 0.4) is 0 Å². The smallest absolute Gasteiger partial charge is 0.236 e. The molecule has 0 amide bonds. The van der Waals surface area contributed by atoms with Crippen molar-refractivity contribution in [1.82, 2.24) is 10.1 Å². The van der Waals surface area contributed by atoms with Gasteiger partial charge < -0.3 is 15.0 Å². The van der Waals surface area contributed by atoms with Crippen LogP contribution >= 0.6 is 0 Å². The summed E-state index contributed by atoms with van der Waals surface area (Å²) in [5.74, 6) is -1.35. The summed E-state index contributed by atoms with van der Waals surface area (Å²) >= 11 is 0. The highest BCUT2D eigenvalue weighted by atomic mass is 19.2. The molecule has 7 heteroatoms. The molecule has 2 unspecified atom stereocenters. The third-order valence-electron chi connectivity index (χ3n) is 3.61. The van der Waals surface area contributed by atoms with Gasteiger partial charge in [-0.15, -0.1) is 0 Å². The molecule has 3 rings (SSSR count). The fraction of sp³-hybridized carbons (Fsp3) is 0.385. The van der Waals surface area contributed by atoms with Gasteiger partial charge in [-0.25, -0.2) is 8.78 Å². The lowest BCUT2D eigenvalue weighted by Gasteiger charge is -2.21. The number of benzene rings is 1. The first-order valence-corrected chi connectivity index (χ1v) is 6.13. The van der Waals surface area contributed by atoms with Crippen LogP contribution in [0.5, 0.6) is 0 Å². The van der Waals surface area contributed by atoms with Gasteiger partial charge in [0.25, 0.3) is 0 Å². The second-order valence-corrected chi connectivity index (χ2v) is 5.09. The average Bonchev–Trinajstić information content (AvgIpc) is 3.02. The van der Waals surface area contributed by atoms with Crippen LogP contribution in [0, 0.1) is 11.6 Å². The van der Waals surface area contributed by atoms with Crippen LogP contribution in [0.25, 0.3) is 11.4 Å². The van der Waals surface area contributed by atoms with Crippen molar-refractivity contribution >= 4 is 0 Å². The summed E-state index contributed by atoms with van der Waals surface area (Å²) < 4.78 is 36.6. The van der Waals surface area contributed by atoms with Crippen LogP contribution < -0.4 is 5.73 Å². The van der Waals surface area contributed by atoms with E-state index in [0.717, 1.165) is 12.1 Å². The normalized spacial score (nSPS) is 26.1. The van der Waals surface area contributed by atoms with Crippen molar-refractivity contribution in [1.29, 1.82) is 0 Å². The molecule has 1 aromatic carbocycles. The summed E-state index contributed by atoms with van der Waals surface area (Å²) in [6.45, 7) is 2.67. The van der Waals surface area contributed by atoms with Gasteiger partial charge in [0.15, 0.2) is 11.6 Å². The predicted octanol–water partition coefficient (Wildman–Crippen LogP) is 1.63. The topological polar surface area (TPSA) is 74.2 Å². The molecule has 0 bridgehead atoms. The van der Waals surface area contributed by atoms with Crippen LogP contribution in [0.1, 0.15) is 12.8 Å². The standard InChI is InChI=1S/C13H13F2N3O2/c1-13(6-19-5-10(13)16)12-17-11(18-20-12)7-2-3-8(14)9(15)4-7/h2-4,10H,5-6,16H2,1H3. The summed E-state index contributed by atoms with van der Waals surface area (Å²) in [5, 5.41) is 3.80. The Bertz CT molecular complexity index is 646. The largest absolute Gasteiger partial charge is 0.379 e. The van der Waals surface area contributed by atoms with E-state index in [1.54, 1.807) is 0 Å². The molecular formula is C13H13F2N3O2. The maximum atomic E-state index is 13.2. The lowest BCUT2D eigenvalue weighted by Crippen LogP contribution is -2.42. The molecule has 20 heavy (non-hydrogen) atoms. The van der Waals surface area contributed by atoms with E-state index in [4.69, 9.17) is 15.0 Å². The lowest BCUT2D eigenvalue weighted by molar-refractivity contribution is 0.169. The fourth-order valence-corrected chi connectivity index (χ4v) is 2.12. The molecule has 1 aliphatic heterocycles. The zero-order chi connectivity index (χ0) is 14.3.